The van der Waals surface area contributed by atoms with Crippen LogP contribution in [0.2, 0.25) is 0 Å². The third kappa shape index (κ3) is 3.97. The van der Waals surface area contributed by atoms with Crippen molar-refractivity contribution in [2.45, 2.75) is 81.5 Å². The number of anilines is 1. The molecule has 2 saturated carbocycles. The Bertz CT molecular complexity index is 1780. The molecule has 4 heterocycles. The molecule has 0 bridgehead atoms. The quantitative estimate of drug-likeness (QED) is 0.320. The van der Waals surface area contributed by atoms with Gasteiger partial charge in [-0.2, -0.15) is 4.58 Å². The lowest BCUT2D eigenvalue weighted by atomic mass is 9.75. The molecule has 0 N–H and O–H groups in total. The fourth-order valence-corrected chi connectivity index (χ4v) is 9.79. The first-order chi connectivity index (χ1) is 22.0. The van der Waals surface area contributed by atoms with E-state index in [9.17, 15) is 0 Å². The Labute approximate surface area is 270 Å². The molecule has 0 saturated heterocycles. The van der Waals surface area contributed by atoms with Crippen LogP contribution in [0, 0.1) is 0 Å². The van der Waals surface area contributed by atoms with Gasteiger partial charge >= 0.3 is 0 Å². The minimum Gasteiger partial charge on any atom is -0.454 e. The SMILES string of the molecule is CN1C(=CC=C2CCCC(C=CC3=[N+](C)c4cc5c(cc4C34CCCC4)OCO5)=C2Cl)C2(CCCC2)c2cc3c(cc21)OCO3. The lowest BCUT2D eigenvalue weighted by Gasteiger charge is -2.28. The highest BCUT2D eigenvalue weighted by atomic mass is 35.5. The molecule has 232 valence electrons. The van der Waals surface area contributed by atoms with E-state index >= 15 is 0 Å². The summed E-state index contributed by atoms with van der Waals surface area (Å²) in [7, 11) is 4.40. The molecule has 9 rings (SSSR count). The van der Waals surface area contributed by atoms with Gasteiger partial charge in [0.25, 0.3) is 0 Å². The molecule has 2 spiro atoms. The number of nitrogens with zero attached hydrogens (tertiary/aromatic N) is 2. The van der Waals surface area contributed by atoms with Gasteiger partial charge < -0.3 is 23.8 Å². The molecule has 7 aliphatic rings. The third-order valence-corrected chi connectivity index (χ3v) is 12.2. The van der Waals surface area contributed by atoms with Crippen LogP contribution < -0.4 is 23.8 Å². The summed E-state index contributed by atoms with van der Waals surface area (Å²) in [5, 5.41) is 0.911. The molecule has 2 fully saturated rings. The smallest absolute Gasteiger partial charge is 0.231 e. The van der Waals surface area contributed by atoms with Gasteiger partial charge in [0.05, 0.1) is 11.5 Å². The fraction of sp³-hybridized carbons (Fsp3) is 0.447. The summed E-state index contributed by atoms with van der Waals surface area (Å²) < 4.78 is 25.5. The maximum atomic E-state index is 7.24. The molecule has 4 aliphatic heterocycles. The van der Waals surface area contributed by atoms with Crippen molar-refractivity contribution < 1.29 is 23.5 Å². The van der Waals surface area contributed by atoms with E-state index < -0.39 is 0 Å². The van der Waals surface area contributed by atoms with Crippen molar-refractivity contribution in [1.29, 1.82) is 0 Å². The van der Waals surface area contributed by atoms with Crippen molar-refractivity contribution in [3.05, 3.63) is 81.6 Å². The predicted molar refractivity (Wildman–Crippen MR) is 177 cm³/mol. The van der Waals surface area contributed by atoms with Gasteiger partial charge in [-0.15, -0.1) is 0 Å². The average molecular weight is 624 g/mol. The van der Waals surface area contributed by atoms with Gasteiger partial charge in [0.1, 0.15) is 7.05 Å². The number of halogens is 1. The first kappa shape index (κ1) is 27.7. The van der Waals surface area contributed by atoms with Crippen LogP contribution in [0.1, 0.15) is 81.8 Å². The summed E-state index contributed by atoms with van der Waals surface area (Å²) in [6, 6.07) is 8.82. The second-order valence-corrected chi connectivity index (χ2v) is 14.2. The molecule has 0 radical (unpaired) electrons. The van der Waals surface area contributed by atoms with Crippen LogP contribution in [0.15, 0.2) is 70.4 Å². The van der Waals surface area contributed by atoms with E-state index in [0.717, 1.165) is 73.0 Å². The average Bonchev–Trinajstić information content (AvgIpc) is 3.90. The van der Waals surface area contributed by atoms with E-state index in [4.69, 9.17) is 30.5 Å². The van der Waals surface area contributed by atoms with Crippen LogP contribution >= 0.6 is 11.6 Å². The lowest BCUT2D eigenvalue weighted by Crippen LogP contribution is -2.30. The molecule has 6 nitrogen and oxygen atoms in total. The van der Waals surface area contributed by atoms with Gasteiger partial charge in [-0.05, 0) is 79.9 Å². The monoisotopic (exact) mass is 623 g/mol. The molecule has 0 atom stereocenters. The van der Waals surface area contributed by atoms with Crippen molar-refractivity contribution in [3.63, 3.8) is 0 Å². The van der Waals surface area contributed by atoms with E-state index in [2.05, 4.69) is 72.1 Å². The molecule has 45 heavy (non-hydrogen) atoms. The number of hydrogen-bond donors (Lipinski definition) is 0. The normalized spacial score (nSPS) is 25.4. The Morgan fingerprint density at radius 3 is 2.07 bits per heavy atom. The Balaban J connectivity index is 1.06. The predicted octanol–water partition coefficient (Wildman–Crippen LogP) is 8.69. The van der Waals surface area contributed by atoms with E-state index in [1.807, 2.05) is 0 Å². The minimum absolute atomic E-state index is 0.0281. The van der Waals surface area contributed by atoms with Crippen molar-refractivity contribution in [1.82, 2.24) is 0 Å². The Morgan fingerprint density at radius 2 is 1.36 bits per heavy atom. The summed E-state index contributed by atoms with van der Waals surface area (Å²) in [6.45, 7) is 0.612. The van der Waals surface area contributed by atoms with Gasteiger partial charge in [-0.25, -0.2) is 0 Å². The Kier molecular flexibility index (Phi) is 6.26. The molecule has 2 aromatic carbocycles. The number of allylic oxidation sites excluding steroid dienone is 8. The summed E-state index contributed by atoms with van der Waals surface area (Å²) in [4.78, 5) is 2.37. The van der Waals surface area contributed by atoms with Gasteiger partial charge in [-0.3, -0.25) is 0 Å². The van der Waals surface area contributed by atoms with Crippen LogP contribution in [-0.4, -0.2) is 38.0 Å². The van der Waals surface area contributed by atoms with Crippen molar-refractivity contribution >= 4 is 28.7 Å². The van der Waals surface area contributed by atoms with E-state index in [0.29, 0.717) is 13.6 Å². The zero-order valence-electron chi connectivity index (χ0n) is 26.2. The van der Waals surface area contributed by atoms with Gasteiger partial charge in [0, 0.05) is 46.6 Å². The number of rotatable bonds is 3. The van der Waals surface area contributed by atoms with Crippen LogP contribution in [0.3, 0.4) is 0 Å². The molecule has 0 amide bonds. The number of likely N-dealkylation sites (N-methyl/N-ethyl adjacent to an activating group) is 1. The van der Waals surface area contributed by atoms with Crippen molar-refractivity contribution in [2.24, 2.45) is 0 Å². The molecule has 2 aromatic rings. The van der Waals surface area contributed by atoms with Crippen LogP contribution in [-0.2, 0) is 10.8 Å². The zero-order chi connectivity index (χ0) is 30.3. The maximum Gasteiger partial charge on any atom is 0.231 e. The second-order valence-electron chi connectivity index (χ2n) is 13.8. The maximum absolute atomic E-state index is 7.24. The van der Waals surface area contributed by atoms with Crippen molar-refractivity contribution in [2.75, 3.05) is 32.6 Å². The minimum atomic E-state index is 0.0281. The standard InChI is InChI=1S/C38H40ClN2O4/c1-40-28-20-32-30(42-22-44-32)18-26(28)37(14-3-4-15-37)34(40)12-10-24-8-7-9-25(36(24)39)11-13-35-38(16-5-6-17-38)27-19-31-33(45-23-43-31)21-29(27)41(35)2/h10-13,18-21H,3-9,14-17,22-23H2,1-2H3/q+1. The molecule has 3 aliphatic carbocycles. The summed E-state index contributed by atoms with van der Waals surface area (Å²) in [5.74, 6) is 3.45. The second kappa shape index (κ2) is 10.2. The summed E-state index contributed by atoms with van der Waals surface area (Å²) in [6.07, 6.45) is 22.0. The first-order valence-corrected chi connectivity index (χ1v) is 17.1. The van der Waals surface area contributed by atoms with E-state index in [1.54, 1.807) is 0 Å². The zero-order valence-corrected chi connectivity index (χ0v) is 27.0. The van der Waals surface area contributed by atoms with Gasteiger partial charge in [0.2, 0.25) is 19.3 Å². The fourth-order valence-electron chi connectivity index (χ4n) is 9.48. The lowest BCUT2D eigenvalue weighted by molar-refractivity contribution is -0.401. The van der Waals surface area contributed by atoms with Crippen LogP contribution in [0.5, 0.6) is 23.0 Å². The molecule has 0 aromatic heterocycles. The van der Waals surface area contributed by atoms with Crippen molar-refractivity contribution in [3.8, 4) is 23.0 Å². The highest BCUT2D eigenvalue weighted by molar-refractivity contribution is 6.32. The van der Waals surface area contributed by atoms with E-state index in [1.165, 1.54) is 70.7 Å². The first-order valence-electron chi connectivity index (χ1n) is 16.7. The Morgan fingerprint density at radius 1 is 0.733 bits per heavy atom. The molecule has 0 unspecified atom stereocenters. The third-order valence-electron chi connectivity index (χ3n) is 11.7. The highest BCUT2D eigenvalue weighted by Gasteiger charge is 2.53. The topological polar surface area (TPSA) is 43.2 Å². The van der Waals surface area contributed by atoms with Gasteiger partial charge in [0.15, 0.2) is 28.7 Å². The van der Waals surface area contributed by atoms with E-state index in [-0.39, 0.29) is 10.8 Å². The highest BCUT2D eigenvalue weighted by Crippen LogP contribution is 2.59. The number of ether oxygens (including phenoxy) is 4. The summed E-state index contributed by atoms with van der Waals surface area (Å²) >= 11 is 7.24. The van der Waals surface area contributed by atoms with Gasteiger partial charge in [-0.1, -0.05) is 49.4 Å². The Hall–Kier alpha value is -3.64. The molecular formula is C38H40ClN2O4+. The number of benzene rings is 2. The van der Waals surface area contributed by atoms with Crippen LogP contribution in [0.25, 0.3) is 0 Å². The van der Waals surface area contributed by atoms with Crippen LogP contribution in [0.4, 0.5) is 11.4 Å². The molecule has 7 heteroatoms. The number of hydrogen-bond acceptors (Lipinski definition) is 5. The summed E-state index contributed by atoms with van der Waals surface area (Å²) in [5.41, 5.74) is 10.5. The number of fused-ring (bicyclic) bond motifs is 6. The largest absolute Gasteiger partial charge is 0.454 e. The molecular weight excluding hydrogens is 584 g/mol.